The zero-order valence-electron chi connectivity index (χ0n) is 9.28. The first-order chi connectivity index (χ1) is 8.27. The minimum absolute atomic E-state index is 0.0836. The Balaban J connectivity index is 0.000000153. The number of aromatic nitrogens is 3. The maximum atomic E-state index is 10.4. The fraction of sp³-hybridized carbons (Fsp3) is 0.250. The van der Waals surface area contributed by atoms with Crippen molar-refractivity contribution in [3.63, 3.8) is 0 Å². The van der Waals surface area contributed by atoms with Crippen molar-refractivity contribution in [3.05, 3.63) is 48.0 Å². The van der Waals surface area contributed by atoms with E-state index in [2.05, 4.69) is 10.1 Å². The number of rotatable bonds is 1. The largest absolute Gasteiger partial charge is 0.475 e. The number of aromatic carboxylic acids is 1. The summed E-state index contributed by atoms with van der Waals surface area (Å²) in [5.41, 5.74) is 0. The van der Waals surface area contributed by atoms with E-state index < -0.39 is 5.97 Å². The summed E-state index contributed by atoms with van der Waals surface area (Å²) in [5, 5.41) is 12.3. The van der Waals surface area contributed by atoms with Gasteiger partial charge < -0.3 is 5.11 Å². The zero-order chi connectivity index (χ0) is 12.1. The van der Waals surface area contributed by atoms with Crippen LogP contribution in [0.3, 0.4) is 0 Å². The number of hydrogen-bond acceptors (Lipinski definition) is 3. The highest BCUT2D eigenvalue weighted by Gasteiger charge is 2.18. The number of carboxylic acids is 1. The van der Waals surface area contributed by atoms with Crippen molar-refractivity contribution in [1.29, 1.82) is 0 Å². The molecule has 0 amide bonds. The quantitative estimate of drug-likeness (QED) is 0.809. The Bertz CT molecular complexity index is 445. The molecule has 0 atom stereocenters. The second-order valence-corrected chi connectivity index (χ2v) is 3.64. The first kappa shape index (κ1) is 11.3. The molecule has 0 radical (unpaired) electrons. The van der Waals surface area contributed by atoms with Crippen LogP contribution in [-0.2, 0) is 13.0 Å². The Labute approximate surface area is 98.7 Å². The number of aryl methyl sites for hydroxylation is 2. The van der Waals surface area contributed by atoms with Gasteiger partial charge in [0.25, 0.3) is 5.82 Å². The first-order valence-corrected chi connectivity index (χ1v) is 5.44. The Morgan fingerprint density at radius 3 is 2.24 bits per heavy atom. The minimum Gasteiger partial charge on any atom is -0.475 e. The summed E-state index contributed by atoms with van der Waals surface area (Å²) in [7, 11) is 0. The molecule has 5 nitrogen and oxygen atoms in total. The Morgan fingerprint density at radius 1 is 1.18 bits per heavy atom. The third-order valence-electron chi connectivity index (χ3n) is 2.38. The molecule has 0 saturated heterocycles. The van der Waals surface area contributed by atoms with E-state index in [1.54, 1.807) is 4.68 Å². The van der Waals surface area contributed by atoms with Gasteiger partial charge in [-0.15, -0.1) is 5.10 Å². The fourth-order valence-electron chi connectivity index (χ4n) is 1.60. The summed E-state index contributed by atoms with van der Waals surface area (Å²) >= 11 is 0. The maximum absolute atomic E-state index is 10.4. The van der Waals surface area contributed by atoms with Gasteiger partial charge in [0.05, 0.1) is 0 Å². The molecule has 2 heterocycles. The van der Waals surface area contributed by atoms with E-state index in [1.807, 2.05) is 36.4 Å². The Kier molecular flexibility index (Phi) is 3.49. The number of nitrogens with zero attached hydrogens (tertiary/aromatic N) is 3. The van der Waals surface area contributed by atoms with Crippen LogP contribution in [0.2, 0.25) is 0 Å². The molecule has 5 heteroatoms. The van der Waals surface area contributed by atoms with Gasteiger partial charge in [-0.25, -0.2) is 14.5 Å². The molecular weight excluding hydrogens is 218 g/mol. The third kappa shape index (κ3) is 2.90. The highest BCUT2D eigenvalue weighted by molar-refractivity contribution is 5.82. The van der Waals surface area contributed by atoms with Crippen molar-refractivity contribution in [2.75, 3.05) is 0 Å². The summed E-state index contributed by atoms with van der Waals surface area (Å²) < 4.78 is 1.66. The number of fused-ring (bicyclic) bond motifs is 1. The second kappa shape index (κ2) is 5.25. The molecule has 2 aromatic rings. The van der Waals surface area contributed by atoms with E-state index in [-0.39, 0.29) is 5.82 Å². The van der Waals surface area contributed by atoms with E-state index in [0.29, 0.717) is 0 Å². The third-order valence-corrected chi connectivity index (χ3v) is 2.38. The molecule has 1 N–H and O–H groups in total. The maximum Gasteiger partial charge on any atom is 0.375 e. The molecule has 0 saturated carbocycles. The summed E-state index contributed by atoms with van der Waals surface area (Å²) in [6, 6.07) is 12.0. The van der Waals surface area contributed by atoms with E-state index in [9.17, 15) is 4.79 Å². The van der Waals surface area contributed by atoms with Crippen LogP contribution >= 0.6 is 0 Å². The molecule has 0 aliphatic carbocycles. The average Bonchev–Trinajstić information content (AvgIpc) is 2.92. The van der Waals surface area contributed by atoms with Crippen molar-refractivity contribution in [1.82, 2.24) is 14.8 Å². The van der Waals surface area contributed by atoms with Gasteiger partial charge in [-0.2, -0.15) is 0 Å². The number of carboxylic acid groups (broad SMARTS) is 1. The van der Waals surface area contributed by atoms with Crippen LogP contribution in [0.1, 0.15) is 22.9 Å². The highest BCUT2D eigenvalue weighted by Crippen LogP contribution is 2.10. The standard InChI is InChI=1S/C6H7N3O2.C6H6/c10-6(11)5-7-4-2-1-3-9(4)8-5;1-2-4-6-5-3-1/h1-3H2,(H,10,11);1-6H. The van der Waals surface area contributed by atoms with Crippen LogP contribution in [0.4, 0.5) is 0 Å². The normalized spacial score (nSPS) is 12.5. The summed E-state index contributed by atoms with van der Waals surface area (Å²) in [6.07, 6.45) is 1.87. The number of carbonyl (C=O) groups is 1. The summed E-state index contributed by atoms with van der Waals surface area (Å²) in [6.45, 7) is 0.801. The van der Waals surface area contributed by atoms with Crippen LogP contribution in [-0.4, -0.2) is 25.8 Å². The lowest BCUT2D eigenvalue weighted by molar-refractivity contribution is 0.0683. The van der Waals surface area contributed by atoms with Gasteiger partial charge in [0.15, 0.2) is 0 Å². The zero-order valence-corrected chi connectivity index (χ0v) is 9.28. The minimum atomic E-state index is -1.05. The lowest BCUT2D eigenvalue weighted by atomic mass is 10.4. The smallest absolute Gasteiger partial charge is 0.375 e. The van der Waals surface area contributed by atoms with Gasteiger partial charge in [0, 0.05) is 13.0 Å². The van der Waals surface area contributed by atoms with Crippen LogP contribution in [0.25, 0.3) is 0 Å². The van der Waals surface area contributed by atoms with Gasteiger partial charge in [0.1, 0.15) is 5.82 Å². The average molecular weight is 231 g/mol. The first-order valence-electron chi connectivity index (χ1n) is 5.44. The molecule has 1 aromatic carbocycles. The lowest BCUT2D eigenvalue weighted by Gasteiger charge is -1.87. The van der Waals surface area contributed by atoms with E-state index in [0.717, 1.165) is 25.2 Å². The van der Waals surface area contributed by atoms with Crippen LogP contribution in [0.15, 0.2) is 36.4 Å². The van der Waals surface area contributed by atoms with Crippen LogP contribution in [0, 0.1) is 0 Å². The molecule has 1 aromatic heterocycles. The lowest BCUT2D eigenvalue weighted by Crippen LogP contribution is -2.01. The van der Waals surface area contributed by atoms with Crippen molar-refractivity contribution >= 4 is 5.97 Å². The monoisotopic (exact) mass is 231 g/mol. The van der Waals surface area contributed by atoms with Gasteiger partial charge in [-0.3, -0.25) is 0 Å². The van der Waals surface area contributed by atoms with Crippen molar-refractivity contribution < 1.29 is 9.90 Å². The Hall–Kier alpha value is -2.17. The molecule has 0 unspecified atom stereocenters. The van der Waals surface area contributed by atoms with E-state index in [4.69, 9.17) is 5.11 Å². The topological polar surface area (TPSA) is 68.0 Å². The van der Waals surface area contributed by atoms with Crippen molar-refractivity contribution in [2.24, 2.45) is 0 Å². The van der Waals surface area contributed by atoms with Crippen LogP contribution < -0.4 is 0 Å². The SMILES string of the molecule is O=C(O)c1nc2n(n1)CCC2.c1ccccc1. The van der Waals surface area contributed by atoms with Gasteiger partial charge in [-0.1, -0.05) is 36.4 Å². The van der Waals surface area contributed by atoms with Gasteiger partial charge in [0.2, 0.25) is 0 Å². The van der Waals surface area contributed by atoms with Gasteiger partial charge >= 0.3 is 5.97 Å². The van der Waals surface area contributed by atoms with E-state index in [1.165, 1.54) is 0 Å². The number of hydrogen-bond donors (Lipinski definition) is 1. The van der Waals surface area contributed by atoms with Crippen molar-refractivity contribution in [2.45, 2.75) is 19.4 Å². The summed E-state index contributed by atoms with van der Waals surface area (Å²) in [5.74, 6) is -0.339. The molecule has 1 aliphatic rings. The molecule has 0 fully saturated rings. The molecule has 3 rings (SSSR count). The molecule has 1 aliphatic heterocycles. The second-order valence-electron chi connectivity index (χ2n) is 3.64. The molecule has 0 bridgehead atoms. The highest BCUT2D eigenvalue weighted by atomic mass is 16.4. The molecule has 88 valence electrons. The Morgan fingerprint density at radius 2 is 1.76 bits per heavy atom. The predicted molar refractivity (Wildman–Crippen MR) is 61.7 cm³/mol. The van der Waals surface area contributed by atoms with Crippen LogP contribution in [0.5, 0.6) is 0 Å². The fourth-order valence-corrected chi connectivity index (χ4v) is 1.60. The van der Waals surface area contributed by atoms with Gasteiger partial charge in [-0.05, 0) is 6.42 Å². The van der Waals surface area contributed by atoms with E-state index >= 15 is 0 Å². The molecular formula is C12H13N3O2. The summed E-state index contributed by atoms with van der Waals surface area (Å²) in [4.78, 5) is 14.2. The van der Waals surface area contributed by atoms with Crippen molar-refractivity contribution in [3.8, 4) is 0 Å². The molecule has 0 spiro atoms. The molecule has 17 heavy (non-hydrogen) atoms. The number of benzene rings is 1. The predicted octanol–water partition coefficient (Wildman–Crippen LogP) is 1.61.